The summed E-state index contributed by atoms with van der Waals surface area (Å²) < 4.78 is 37.2. The minimum Gasteiger partial charge on any atom is -0.397 e. The molecule has 1 aromatic rings. The summed E-state index contributed by atoms with van der Waals surface area (Å²) in [5.41, 5.74) is 4.78. The predicted octanol–water partition coefficient (Wildman–Crippen LogP) is 3.42. The number of nitrogen functional groups attached to an aromatic ring is 1. The third-order valence-electron chi connectivity index (χ3n) is 2.41. The molecule has 100 valence electrons. The van der Waals surface area contributed by atoms with E-state index in [1.165, 1.54) is 6.07 Å². The molecule has 0 atom stereocenters. The molecule has 0 saturated carbocycles. The molecule has 0 fully saturated rings. The molecule has 0 bridgehead atoms. The average molecular weight is 260 g/mol. The van der Waals surface area contributed by atoms with Gasteiger partial charge in [0.25, 0.3) is 0 Å². The topological polar surface area (TPSA) is 55.1 Å². The number of hydrogen-bond acceptors (Lipinski definition) is 2. The Labute approximate surface area is 103 Å². The number of anilines is 2. The van der Waals surface area contributed by atoms with Crippen LogP contribution in [0.5, 0.6) is 0 Å². The zero-order chi connectivity index (χ0) is 13.8. The van der Waals surface area contributed by atoms with E-state index in [1.54, 1.807) is 0 Å². The van der Waals surface area contributed by atoms with E-state index in [1.807, 2.05) is 6.92 Å². The fourth-order valence-electron chi connectivity index (χ4n) is 1.40. The van der Waals surface area contributed by atoms with Crippen LogP contribution in [0.3, 0.4) is 0 Å². The molecule has 0 aliphatic carbocycles. The molecular formula is C12H15F3N2O. The number of rotatable bonds is 4. The summed E-state index contributed by atoms with van der Waals surface area (Å²) in [5, 5.41) is 2.49. The van der Waals surface area contributed by atoms with Crippen molar-refractivity contribution < 1.29 is 18.0 Å². The number of carbonyl (C=O) groups excluding carboxylic acids is 1. The number of alkyl halides is 3. The van der Waals surface area contributed by atoms with Crippen LogP contribution in [0, 0.1) is 0 Å². The third-order valence-corrected chi connectivity index (χ3v) is 2.41. The molecule has 1 amide bonds. The van der Waals surface area contributed by atoms with E-state index in [0.717, 1.165) is 25.0 Å². The number of unbranched alkanes of at least 4 members (excludes halogenated alkanes) is 1. The highest BCUT2D eigenvalue weighted by atomic mass is 19.4. The number of hydrogen-bond donors (Lipinski definition) is 2. The SMILES string of the molecule is CCCCC(=O)Nc1ccc(C(F)(F)F)cc1N. The monoisotopic (exact) mass is 260 g/mol. The molecular weight excluding hydrogens is 245 g/mol. The normalized spacial score (nSPS) is 11.3. The Balaban J connectivity index is 2.77. The van der Waals surface area contributed by atoms with Crippen molar-refractivity contribution in [3.8, 4) is 0 Å². The van der Waals surface area contributed by atoms with Gasteiger partial charge in [-0.05, 0) is 24.6 Å². The second kappa shape index (κ2) is 5.75. The molecule has 0 aromatic heterocycles. The van der Waals surface area contributed by atoms with Crippen LogP contribution in [-0.4, -0.2) is 5.91 Å². The zero-order valence-corrected chi connectivity index (χ0v) is 9.97. The molecule has 6 heteroatoms. The molecule has 0 spiro atoms. The van der Waals surface area contributed by atoms with Crippen LogP contribution in [0.15, 0.2) is 18.2 Å². The standard InChI is InChI=1S/C12H15F3N2O/c1-2-3-4-11(18)17-10-6-5-8(7-9(10)16)12(13,14)15/h5-7H,2-4,16H2,1H3,(H,17,18). The Morgan fingerprint density at radius 3 is 2.56 bits per heavy atom. The maximum absolute atomic E-state index is 12.4. The van der Waals surface area contributed by atoms with Crippen LogP contribution in [0.4, 0.5) is 24.5 Å². The Bertz CT molecular complexity index is 430. The number of halogens is 3. The van der Waals surface area contributed by atoms with Gasteiger partial charge in [-0.3, -0.25) is 4.79 Å². The van der Waals surface area contributed by atoms with Gasteiger partial charge in [-0.2, -0.15) is 13.2 Å². The second-order valence-corrected chi connectivity index (χ2v) is 3.95. The van der Waals surface area contributed by atoms with Crippen molar-refractivity contribution in [3.05, 3.63) is 23.8 Å². The number of nitrogens with two attached hydrogens (primary N) is 1. The van der Waals surface area contributed by atoms with Crippen LogP contribution < -0.4 is 11.1 Å². The van der Waals surface area contributed by atoms with Crippen LogP contribution in [0.25, 0.3) is 0 Å². The summed E-state index contributed by atoms with van der Waals surface area (Å²) in [6.07, 6.45) is -2.50. The first-order chi connectivity index (χ1) is 8.34. The molecule has 3 N–H and O–H groups in total. The maximum Gasteiger partial charge on any atom is 0.416 e. The quantitative estimate of drug-likeness (QED) is 0.815. The molecule has 1 rings (SSSR count). The van der Waals surface area contributed by atoms with Crippen LogP contribution in [0.1, 0.15) is 31.7 Å². The zero-order valence-electron chi connectivity index (χ0n) is 9.97. The lowest BCUT2D eigenvalue weighted by Gasteiger charge is -2.11. The number of carbonyl (C=O) groups is 1. The molecule has 18 heavy (non-hydrogen) atoms. The highest BCUT2D eigenvalue weighted by Gasteiger charge is 2.30. The van der Waals surface area contributed by atoms with Gasteiger partial charge in [0.1, 0.15) is 0 Å². The van der Waals surface area contributed by atoms with Gasteiger partial charge in [0.05, 0.1) is 16.9 Å². The van der Waals surface area contributed by atoms with Crippen LogP contribution >= 0.6 is 0 Å². The lowest BCUT2D eigenvalue weighted by atomic mass is 10.1. The van der Waals surface area contributed by atoms with Gasteiger partial charge in [0.2, 0.25) is 5.91 Å². The van der Waals surface area contributed by atoms with Gasteiger partial charge in [0, 0.05) is 6.42 Å². The number of amides is 1. The van der Waals surface area contributed by atoms with Crippen molar-refractivity contribution >= 4 is 17.3 Å². The van der Waals surface area contributed by atoms with Crippen molar-refractivity contribution in [3.63, 3.8) is 0 Å². The first-order valence-corrected chi connectivity index (χ1v) is 5.61. The number of benzene rings is 1. The van der Waals surface area contributed by atoms with Crippen molar-refractivity contribution in [1.82, 2.24) is 0 Å². The smallest absolute Gasteiger partial charge is 0.397 e. The lowest BCUT2D eigenvalue weighted by Crippen LogP contribution is -2.13. The average Bonchev–Trinajstić information content (AvgIpc) is 2.27. The van der Waals surface area contributed by atoms with Gasteiger partial charge in [-0.15, -0.1) is 0 Å². The fourth-order valence-corrected chi connectivity index (χ4v) is 1.40. The van der Waals surface area contributed by atoms with Gasteiger partial charge >= 0.3 is 6.18 Å². The van der Waals surface area contributed by atoms with Crippen LogP contribution in [0.2, 0.25) is 0 Å². The Hall–Kier alpha value is -1.72. The Morgan fingerprint density at radius 1 is 1.39 bits per heavy atom. The van der Waals surface area contributed by atoms with E-state index in [9.17, 15) is 18.0 Å². The highest BCUT2D eigenvalue weighted by Crippen LogP contribution is 2.32. The highest BCUT2D eigenvalue weighted by molar-refractivity contribution is 5.93. The van der Waals surface area contributed by atoms with Gasteiger partial charge in [-0.25, -0.2) is 0 Å². The largest absolute Gasteiger partial charge is 0.416 e. The van der Waals surface area contributed by atoms with E-state index in [0.29, 0.717) is 6.42 Å². The predicted molar refractivity (Wildman–Crippen MR) is 64.0 cm³/mol. The van der Waals surface area contributed by atoms with Gasteiger partial charge in [0.15, 0.2) is 0 Å². The first-order valence-electron chi connectivity index (χ1n) is 5.61. The molecule has 0 heterocycles. The summed E-state index contributed by atoms with van der Waals surface area (Å²) in [4.78, 5) is 11.4. The second-order valence-electron chi connectivity index (χ2n) is 3.95. The fraction of sp³-hybridized carbons (Fsp3) is 0.417. The molecule has 0 aliphatic rings. The van der Waals surface area contributed by atoms with E-state index >= 15 is 0 Å². The van der Waals surface area contributed by atoms with Crippen molar-refractivity contribution in [2.45, 2.75) is 32.4 Å². The summed E-state index contributed by atoms with van der Waals surface area (Å²) in [6, 6.07) is 2.88. The van der Waals surface area contributed by atoms with Crippen molar-refractivity contribution in [2.75, 3.05) is 11.1 Å². The van der Waals surface area contributed by atoms with E-state index in [4.69, 9.17) is 5.73 Å². The molecule has 0 unspecified atom stereocenters. The molecule has 1 aromatic carbocycles. The first kappa shape index (κ1) is 14.3. The lowest BCUT2D eigenvalue weighted by molar-refractivity contribution is -0.137. The van der Waals surface area contributed by atoms with Gasteiger partial charge in [-0.1, -0.05) is 13.3 Å². The molecule has 0 saturated heterocycles. The minimum absolute atomic E-state index is 0.0883. The Morgan fingerprint density at radius 2 is 2.06 bits per heavy atom. The molecule has 0 aliphatic heterocycles. The molecule has 3 nitrogen and oxygen atoms in total. The van der Waals surface area contributed by atoms with Crippen molar-refractivity contribution in [2.24, 2.45) is 0 Å². The van der Waals surface area contributed by atoms with E-state index in [-0.39, 0.29) is 17.3 Å². The summed E-state index contributed by atoms with van der Waals surface area (Å²) >= 11 is 0. The van der Waals surface area contributed by atoms with Gasteiger partial charge < -0.3 is 11.1 Å². The third kappa shape index (κ3) is 3.94. The van der Waals surface area contributed by atoms with E-state index < -0.39 is 11.7 Å². The summed E-state index contributed by atoms with van der Waals surface area (Å²) in [5.74, 6) is -0.247. The van der Waals surface area contributed by atoms with Crippen molar-refractivity contribution in [1.29, 1.82) is 0 Å². The van der Waals surface area contributed by atoms with Crippen LogP contribution in [-0.2, 0) is 11.0 Å². The Kier molecular flexibility index (Phi) is 4.58. The molecule has 0 radical (unpaired) electrons. The summed E-state index contributed by atoms with van der Waals surface area (Å²) in [7, 11) is 0. The number of nitrogens with one attached hydrogen (secondary N) is 1. The summed E-state index contributed by atoms with van der Waals surface area (Å²) in [6.45, 7) is 1.94. The van der Waals surface area contributed by atoms with E-state index in [2.05, 4.69) is 5.32 Å². The maximum atomic E-state index is 12.4. The minimum atomic E-state index is -4.43.